The van der Waals surface area contributed by atoms with Crippen molar-refractivity contribution in [2.75, 3.05) is 0 Å². The number of rotatable bonds is 8. The Morgan fingerprint density at radius 1 is 0.846 bits per heavy atom. The molecular weight excluding hydrogens is 328 g/mol. The predicted molar refractivity (Wildman–Crippen MR) is 96.8 cm³/mol. The van der Waals surface area contributed by atoms with E-state index >= 15 is 0 Å². The Hall–Kier alpha value is -3.31. The summed E-state index contributed by atoms with van der Waals surface area (Å²) >= 11 is 0. The average Bonchev–Trinajstić information content (AvgIpc) is 2.65. The highest BCUT2D eigenvalue weighted by atomic mass is 16.5. The lowest BCUT2D eigenvalue weighted by molar-refractivity contribution is 0.103. The van der Waals surface area contributed by atoms with Crippen LogP contribution in [0.3, 0.4) is 0 Å². The monoisotopic (exact) mass is 348 g/mol. The fourth-order valence-corrected chi connectivity index (χ4v) is 2.83. The number of aryl methyl sites for hydroxylation is 2. The second kappa shape index (κ2) is 9.25. The molecule has 0 radical (unpaired) electrons. The van der Waals surface area contributed by atoms with Crippen LogP contribution in [0, 0.1) is 23.0 Å². The minimum absolute atomic E-state index is 0.119. The number of ether oxygens (including phenoxy) is 2. The van der Waals surface area contributed by atoms with Crippen LogP contribution in [0.15, 0.2) is 36.4 Å². The summed E-state index contributed by atoms with van der Waals surface area (Å²) < 4.78 is 9.94. The fourth-order valence-electron chi connectivity index (χ4n) is 2.83. The molecule has 0 heterocycles. The molecule has 0 unspecified atom stereocenters. The van der Waals surface area contributed by atoms with Crippen LogP contribution in [0.4, 0.5) is 0 Å². The zero-order valence-corrected chi connectivity index (χ0v) is 14.9. The van der Waals surface area contributed by atoms with E-state index in [9.17, 15) is 4.79 Å². The van der Waals surface area contributed by atoms with Gasteiger partial charge in [-0.15, -0.1) is 10.5 Å². The van der Waals surface area contributed by atoms with E-state index in [1.54, 1.807) is 48.9 Å². The van der Waals surface area contributed by atoms with Gasteiger partial charge in [-0.25, -0.2) is 0 Å². The maximum absolute atomic E-state index is 12.9. The van der Waals surface area contributed by atoms with Crippen molar-refractivity contribution in [2.45, 2.75) is 39.5 Å². The molecule has 0 aliphatic heterocycles. The number of hydrogen-bond donors (Lipinski definition) is 0. The topological polar surface area (TPSA) is 83.1 Å². The van der Waals surface area contributed by atoms with Gasteiger partial charge in [0.2, 0.25) is 0 Å². The van der Waals surface area contributed by atoms with E-state index in [2.05, 4.69) is 0 Å². The molecule has 0 N–H and O–H groups in total. The Kier molecular flexibility index (Phi) is 6.76. The number of carbonyl (C=O) groups excluding carboxylic acids is 1. The van der Waals surface area contributed by atoms with Gasteiger partial charge in [-0.05, 0) is 60.4 Å². The van der Waals surface area contributed by atoms with Gasteiger partial charge in [0.05, 0.1) is 0 Å². The minimum atomic E-state index is -0.119. The van der Waals surface area contributed by atoms with Crippen LogP contribution < -0.4 is 9.47 Å². The van der Waals surface area contributed by atoms with Crippen LogP contribution in [0.1, 0.15) is 53.7 Å². The molecule has 2 rings (SSSR count). The minimum Gasteiger partial charge on any atom is -0.388 e. The normalized spacial score (nSPS) is 9.85. The Labute approximate surface area is 153 Å². The van der Waals surface area contributed by atoms with Crippen LogP contribution >= 0.6 is 0 Å². The second-order valence-electron chi connectivity index (χ2n) is 5.86. The standard InChI is InChI=1S/C21H20N2O3/c1-3-5-15-11-17(7-9-19(15)25-13-22)21(24)18-8-10-20(26-14-23)16(12-18)6-4-2/h7-12H,3-6H2,1-2H3. The third-order valence-electron chi connectivity index (χ3n) is 4.00. The van der Waals surface area contributed by atoms with Crippen molar-refractivity contribution in [2.24, 2.45) is 0 Å². The molecule has 0 fully saturated rings. The summed E-state index contributed by atoms with van der Waals surface area (Å²) in [5.74, 6) is 0.845. The van der Waals surface area contributed by atoms with Gasteiger partial charge in [-0.1, -0.05) is 26.7 Å². The third kappa shape index (κ3) is 4.40. The first kappa shape index (κ1) is 19.0. The fraction of sp³-hybridized carbons (Fsp3) is 0.286. The molecule has 5 heteroatoms. The van der Waals surface area contributed by atoms with E-state index in [1.807, 2.05) is 13.8 Å². The molecule has 132 valence electrons. The molecule has 0 aromatic heterocycles. The SMILES string of the molecule is CCCc1cc(C(=O)c2ccc(OC#N)c(CCC)c2)ccc1OC#N. The van der Waals surface area contributed by atoms with E-state index in [0.29, 0.717) is 35.5 Å². The summed E-state index contributed by atoms with van der Waals surface area (Å²) in [4.78, 5) is 12.9. The third-order valence-corrected chi connectivity index (χ3v) is 4.00. The van der Waals surface area contributed by atoms with Gasteiger partial charge in [0.1, 0.15) is 11.5 Å². The second-order valence-corrected chi connectivity index (χ2v) is 5.86. The zero-order chi connectivity index (χ0) is 18.9. The van der Waals surface area contributed by atoms with Crippen LogP contribution in [0.2, 0.25) is 0 Å². The van der Waals surface area contributed by atoms with Gasteiger partial charge in [0.15, 0.2) is 5.78 Å². The molecule has 2 aromatic carbocycles. The Morgan fingerprint density at radius 2 is 1.27 bits per heavy atom. The van der Waals surface area contributed by atoms with E-state index in [1.165, 1.54) is 0 Å². The van der Waals surface area contributed by atoms with Crippen molar-refractivity contribution in [1.82, 2.24) is 0 Å². The quantitative estimate of drug-likeness (QED) is 0.516. The van der Waals surface area contributed by atoms with E-state index in [-0.39, 0.29) is 5.78 Å². The number of nitrogens with zero attached hydrogens (tertiary/aromatic N) is 2. The smallest absolute Gasteiger partial charge is 0.292 e. The van der Waals surface area contributed by atoms with Crippen molar-refractivity contribution in [3.63, 3.8) is 0 Å². The van der Waals surface area contributed by atoms with Crippen molar-refractivity contribution in [3.05, 3.63) is 58.7 Å². The first-order valence-corrected chi connectivity index (χ1v) is 8.57. The Morgan fingerprint density at radius 3 is 1.62 bits per heavy atom. The molecule has 0 amide bonds. The molecule has 0 spiro atoms. The molecule has 2 aromatic rings. The first-order chi connectivity index (χ1) is 12.6. The highest BCUT2D eigenvalue weighted by Gasteiger charge is 2.15. The van der Waals surface area contributed by atoms with Gasteiger partial charge in [-0.3, -0.25) is 4.79 Å². The Bertz CT molecular complexity index is 804. The molecule has 26 heavy (non-hydrogen) atoms. The van der Waals surface area contributed by atoms with Crippen LogP contribution in [-0.2, 0) is 12.8 Å². The lowest BCUT2D eigenvalue weighted by Crippen LogP contribution is -2.05. The Balaban J connectivity index is 2.39. The number of ketones is 1. The molecule has 0 atom stereocenters. The molecular formula is C21H20N2O3. The van der Waals surface area contributed by atoms with E-state index < -0.39 is 0 Å². The number of benzene rings is 2. The summed E-state index contributed by atoms with van der Waals surface area (Å²) in [6, 6.07) is 10.2. The highest BCUT2D eigenvalue weighted by molar-refractivity contribution is 6.09. The van der Waals surface area contributed by atoms with Crippen molar-refractivity contribution in [1.29, 1.82) is 10.5 Å². The summed E-state index contributed by atoms with van der Waals surface area (Å²) in [7, 11) is 0. The summed E-state index contributed by atoms with van der Waals surface area (Å²) in [5, 5.41) is 17.5. The number of nitriles is 2. The van der Waals surface area contributed by atoms with Crippen LogP contribution in [0.5, 0.6) is 11.5 Å². The first-order valence-electron chi connectivity index (χ1n) is 8.57. The molecule has 0 aliphatic carbocycles. The molecule has 5 nitrogen and oxygen atoms in total. The zero-order valence-electron chi connectivity index (χ0n) is 14.9. The van der Waals surface area contributed by atoms with Gasteiger partial charge in [-0.2, -0.15) is 0 Å². The van der Waals surface area contributed by atoms with E-state index in [4.69, 9.17) is 20.0 Å². The van der Waals surface area contributed by atoms with Crippen molar-refractivity contribution >= 4 is 5.78 Å². The average molecular weight is 348 g/mol. The number of carbonyl (C=O) groups is 1. The molecule has 0 saturated heterocycles. The maximum atomic E-state index is 12.9. The predicted octanol–water partition coefficient (Wildman–Crippen LogP) is 4.54. The molecule has 0 saturated carbocycles. The van der Waals surface area contributed by atoms with Crippen molar-refractivity contribution < 1.29 is 14.3 Å². The summed E-state index contributed by atoms with van der Waals surface area (Å²) in [5.41, 5.74) is 2.74. The van der Waals surface area contributed by atoms with Gasteiger partial charge in [0, 0.05) is 11.1 Å². The maximum Gasteiger partial charge on any atom is 0.292 e. The van der Waals surface area contributed by atoms with E-state index in [0.717, 1.165) is 24.0 Å². The number of hydrogen-bond acceptors (Lipinski definition) is 5. The van der Waals surface area contributed by atoms with Crippen molar-refractivity contribution in [3.8, 4) is 24.0 Å². The van der Waals surface area contributed by atoms with Gasteiger partial charge in [0.25, 0.3) is 12.5 Å². The van der Waals surface area contributed by atoms with Gasteiger partial charge >= 0.3 is 0 Å². The summed E-state index contributed by atoms with van der Waals surface area (Å²) in [6.07, 6.45) is 6.54. The largest absolute Gasteiger partial charge is 0.388 e. The van der Waals surface area contributed by atoms with Crippen LogP contribution in [-0.4, -0.2) is 5.78 Å². The molecule has 0 aliphatic rings. The molecule has 0 bridgehead atoms. The summed E-state index contributed by atoms with van der Waals surface area (Å²) in [6.45, 7) is 4.05. The van der Waals surface area contributed by atoms with Gasteiger partial charge < -0.3 is 9.47 Å². The van der Waals surface area contributed by atoms with Crippen LogP contribution in [0.25, 0.3) is 0 Å². The highest BCUT2D eigenvalue weighted by Crippen LogP contribution is 2.26. The lowest BCUT2D eigenvalue weighted by Gasteiger charge is -2.10. The lowest BCUT2D eigenvalue weighted by atomic mass is 9.96.